The number of hydrogen-bond acceptors (Lipinski definition) is 5. The van der Waals surface area contributed by atoms with Crippen LogP contribution in [0.1, 0.15) is 17.9 Å². The Labute approximate surface area is 140 Å². The van der Waals surface area contributed by atoms with Crippen LogP contribution in [0.15, 0.2) is 54.9 Å². The minimum Gasteiger partial charge on any atom is -0.484 e. The first-order chi connectivity index (χ1) is 11.6. The number of pyridine rings is 1. The van der Waals surface area contributed by atoms with E-state index in [2.05, 4.69) is 10.3 Å². The van der Waals surface area contributed by atoms with Gasteiger partial charge >= 0.3 is 0 Å². The Morgan fingerprint density at radius 2 is 2.00 bits per heavy atom. The first kappa shape index (κ1) is 16.4. The van der Waals surface area contributed by atoms with Crippen LogP contribution in [0.3, 0.4) is 0 Å². The third kappa shape index (κ3) is 3.72. The lowest BCUT2D eigenvalue weighted by Crippen LogP contribution is -2.46. The number of nitrogens with one attached hydrogen (secondary N) is 1. The standard InChI is InChI=1S/C18H20N2O4/c21-15-9-14(12-5-4-8-19-10-12)17(18(15)23)20-16(22)11-24-13-6-2-1-3-7-13/h1-8,10,14-15,17-18,21,23H,9,11H2,(H,20,22)/t14-,15-,17-,18-/m1/s1. The molecule has 1 amide bonds. The maximum atomic E-state index is 12.2. The molecule has 6 nitrogen and oxygen atoms in total. The molecular weight excluding hydrogens is 308 g/mol. The normalized spacial score (nSPS) is 26.1. The van der Waals surface area contributed by atoms with Gasteiger partial charge in [-0.05, 0) is 30.2 Å². The molecule has 0 aliphatic heterocycles. The maximum Gasteiger partial charge on any atom is 0.258 e. The molecule has 2 aromatic rings. The molecule has 0 bridgehead atoms. The van der Waals surface area contributed by atoms with Gasteiger partial charge in [-0.2, -0.15) is 0 Å². The maximum absolute atomic E-state index is 12.2. The summed E-state index contributed by atoms with van der Waals surface area (Å²) in [6.45, 7) is -0.150. The molecule has 24 heavy (non-hydrogen) atoms. The van der Waals surface area contributed by atoms with E-state index in [0.29, 0.717) is 12.2 Å². The van der Waals surface area contributed by atoms with Gasteiger partial charge in [0, 0.05) is 18.3 Å². The lowest BCUT2D eigenvalue weighted by molar-refractivity contribution is -0.124. The molecule has 3 N–H and O–H groups in total. The van der Waals surface area contributed by atoms with Crippen LogP contribution in [0.5, 0.6) is 5.75 Å². The average molecular weight is 328 g/mol. The van der Waals surface area contributed by atoms with Crippen molar-refractivity contribution in [1.82, 2.24) is 10.3 Å². The van der Waals surface area contributed by atoms with Crippen molar-refractivity contribution in [3.63, 3.8) is 0 Å². The van der Waals surface area contributed by atoms with E-state index in [9.17, 15) is 15.0 Å². The number of amides is 1. The summed E-state index contributed by atoms with van der Waals surface area (Å²) in [6.07, 6.45) is 1.82. The van der Waals surface area contributed by atoms with Crippen LogP contribution in [0.25, 0.3) is 0 Å². The van der Waals surface area contributed by atoms with Gasteiger partial charge in [-0.15, -0.1) is 0 Å². The molecule has 1 aliphatic rings. The molecule has 1 aliphatic carbocycles. The van der Waals surface area contributed by atoms with Gasteiger partial charge in [0.1, 0.15) is 11.9 Å². The van der Waals surface area contributed by atoms with Gasteiger partial charge in [0.2, 0.25) is 0 Å². The largest absolute Gasteiger partial charge is 0.484 e. The van der Waals surface area contributed by atoms with Crippen molar-refractivity contribution in [3.8, 4) is 5.75 Å². The Balaban J connectivity index is 1.64. The highest BCUT2D eigenvalue weighted by atomic mass is 16.5. The SMILES string of the molecule is O=C(COc1ccccc1)N[C@H]1[C@H](O)[C@H](O)C[C@@H]1c1cccnc1. The number of aliphatic hydroxyl groups is 2. The van der Waals surface area contributed by atoms with Gasteiger partial charge in [-0.1, -0.05) is 24.3 Å². The molecular formula is C18H20N2O4. The van der Waals surface area contributed by atoms with Crippen molar-refractivity contribution in [1.29, 1.82) is 0 Å². The van der Waals surface area contributed by atoms with E-state index in [1.165, 1.54) is 0 Å². The molecule has 1 aromatic heterocycles. The molecule has 0 spiro atoms. The van der Waals surface area contributed by atoms with Crippen LogP contribution >= 0.6 is 0 Å². The second-order valence-electron chi connectivity index (χ2n) is 5.88. The van der Waals surface area contributed by atoms with Gasteiger partial charge < -0.3 is 20.3 Å². The van der Waals surface area contributed by atoms with E-state index < -0.39 is 18.2 Å². The van der Waals surface area contributed by atoms with Crippen molar-refractivity contribution >= 4 is 5.91 Å². The van der Waals surface area contributed by atoms with Crippen LogP contribution in [-0.4, -0.2) is 46.0 Å². The highest BCUT2D eigenvalue weighted by Gasteiger charge is 2.43. The van der Waals surface area contributed by atoms with Gasteiger partial charge in [0.25, 0.3) is 5.91 Å². The minimum absolute atomic E-state index is 0.150. The Morgan fingerprint density at radius 1 is 1.21 bits per heavy atom. The molecule has 126 valence electrons. The predicted molar refractivity (Wildman–Crippen MR) is 87.5 cm³/mol. The second-order valence-corrected chi connectivity index (χ2v) is 5.88. The third-order valence-electron chi connectivity index (χ3n) is 4.24. The number of benzene rings is 1. The fourth-order valence-electron chi connectivity index (χ4n) is 3.04. The van der Waals surface area contributed by atoms with Crippen LogP contribution in [0.2, 0.25) is 0 Å². The Morgan fingerprint density at radius 3 is 2.71 bits per heavy atom. The highest BCUT2D eigenvalue weighted by molar-refractivity contribution is 5.78. The van der Waals surface area contributed by atoms with Crippen LogP contribution in [0, 0.1) is 0 Å². The molecule has 6 heteroatoms. The third-order valence-corrected chi connectivity index (χ3v) is 4.24. The first-order valence-corrected chi connectivity index (χ1v) is 7.88. The molecule has 1 aromatic carbocycles. The van der Waals surface area contributed by atoms with Crippen LogP contribution in [-0.2, 0) is 4.79 Å². The molecule has 3 rings (SSSR count). The van der Waals surface area contributed by atoms with Crippen LogP contribution < -0.4 is 10.1 Å². The summed E-state index contributed by atoms with van der Waals surface area (Å²) in [4.78, 5) is 16.2. The highest BCUT2D eigenvalue weighted by Crippen LogP contribution is 2.34. The average Bonchev–Trinajstić information content (AvgIpc) is 2.90. The lowest BCUT2D eigenvalue weighted by Gasteiger charge is -2.23. The topological polar surface area (TPSA) is 91.7 Å². The number of para-hydroxylation sites is 1. The summed E-state index contributed by atoms with van der Waals surface area (Å²) in [7, 11) is 0. The number of aromatic nitrogens is 1. The molecule has 0 unspecified atom stereocenters. The molecule has 4 atom stereocenters. The van der Waals surface area contributed by atoms with Gasteiger partial charge in [0.05, 0.1) is 12.1 Å². The van der Waals surface area contributed by atoms with E-state index in [1.807, 2.05) is 24.3 Å². The number of ether oxygens (including phenoxy) is 1. The lowest BCUT2D eigenvalue weighted by atomic mass is 9.95. The zero-order valence-corrected chi connectivity index (χ0v) is 13.1. The molecule has 1 heterocycles. The summed E-state index contributed by atoms with van der Waals surface area (Å²) < 4.78 is 5.41. The Kier molecular flexibility index (Phi) is 5.08. The van der Waals surface area contributed by atoms with Crippen molar-refractivity contribution < 1.29 is 19.7 Å². The number of carbonyl (C=O) groups is 1. The molecule has 1 saturated carbocycles. The number of nitrogens with zero attached hydrogens (tertiary/aromatic N) is 1. The Bertz CT molecular complexity index is 665. The van der Waals surface area contributed by atoms with Gasteiger partial charge in [-0.3, -0.25) is 9.78 Å². The number of carbonyl (C=O) groups excluding carboxylic acids is 1. The van der Waals surface area contributed by atoms with E-state index in [-0.39, 0.29) is 18.4 Å². The van der Waals surface area contributed by atoms with Crippen molar-refractivity contribution in [2.45, 2.75) is 30.6 Å². The predicted octanol–water partition coefficient (Wildman–Crippen LogP) is 0.854. The zero-order valence-electron chi connectivity index (χ0n) is 13.1. The second kappa shape index (κ2) is 7.42. The summed E-state index contributed by atoms with van der Waals surface area (Å²) in [6, 6.07) is 12.1. The van der Waals surface area contributed by atoms with Crippen LogP contribution in [0.4, 0.5) is 0 Å². The number of rotatable bonds is 5. The zero-order chi connectivity index (χ0) is 16.9. The van der Waals surface area contributed by atoms with Gasteiger partial charge in [0.15, 0.2) is 6.61 Å². The van der Waals surface area contributed by atoms with E-state index in [0.717, 1.165) is 5.56 Å². The Hall–Kier alpha value is -2.44. The van der Waals surface area contributed by atoms with Gasteiger partial charge in [-0.25, -0.2) is 0 Å². The quantitative estimate of drug-likeness (QED) is 0.757. The molecule has 1 fully saturated rings. The first-order valence-electron chi connectivity index (χ1n) is 7.88. The van der Waals surface area contributed by atoms with Crippen molar-refractivity contribution in [2.24, 2.45) is 0 Å². The number of hydrogen-bond donors (Lipinski definition) is 3. The summed E-state index contributed by atoms with van der Waals surface area (Å²) in [5, 5.41) is 22.9. The van der Waals surface area contributed by atoms with E-state index >= 15 is 0 Å². The van der Waals surface area contributed by atoms with Crippen molar-refractivity contribution in [2.75, 3.05) is 6.61 Å². The molecule has 0 saturated heterocycles. The summed E-state index contributed by atoms with van der Waals surface area (Å²) in [5.74, 6) is 0.0683. The monoisotopic (exact) mass is 328 g/mol. The smallest absolute Gasteiger partial charge is 0.258 e. The van der Waals surface area contributed by atoms with E-state index in [1.54, 1.807) is 30.6 Å². The fourth-order valence-corrected chi connectivity index (χ4v) is 3.04. The summed E-state index contributed by atoms with van der Waals surface area (Å²) in [5.41, 5.74) is 0.877. The summed E-state index contributed by atoms with van der Waals surface area (Å²) >= 11 is 0. The number of aliphatic hydroxyl groups excluding tert-OH is 2. The van der Waals surface area contributed by atoms with Crippen molar-refractivity contribution in [3.05, 3.63) is 60.4 Å². The minimum atomic E-state index is -1.02. The molecule has 0 radical (unpaired) electrons. The van der Waals surface area contributed by atoms with E-state index in [4.69, 9.17) is 4.74 Å². The fraction of sp³-hybridized carbons (Fsp3) is 0.333.